The third-order valence-electron chi connectivity index (χ3n) is 8.42. The number of hydrogen-bond donors (Lipinski definition) is 4. The Bertz CT molecular complexity index is 1210. The molecule has 1 aromatic rings. The second-order valence-corrected chi connectivity index (χ2v) is 11.8. The van der Waals surface area contributed by atoms with Gasteiger partial charge in [0.25, 0.3) is 0 Å². The summed E-state index contributed by atoms with van der Waals surface area (Å²) < 4.78 is 15.8. The lowest BCUT2D eigenvalue weighted by molar-refractivity contribution is -0.133. The molecule has 0 spiro atoms. The molecule has 0 unspecified atom stereocenters. The van der Waals surface area contributed by atoms with Gasteiger partial charge in [-0.2, -0.15) is 0 Å². The quantitative estimate of drug-likeness (QED) is 0.231. The van der Waals surface area contributed by atoms with E-state index < -0.39 is 42.1 Å². The molecule has 0 bridgehead atoms. The van der Waals surface area contributed by atoms with Gasteiger partial charge in [0, 0.05) is 31.6 Å². The summed E-state index contributed by atoms with van der Waals surface area (Å²) >= 11 is 0. The minimum absolute atomic E-state index is 0.123. The molecule has 4 aliphatic rings. The van der Waals surface area contributed by atoms with Crippen LogP contribution >= 0.6 is 0 Å². The predicted octanol–water partition coefficient (Wildman–Crippen LogP) is 0.186. The van der Waals surface area contributed by atoms with E-state index in [-0.39, 0.29) is 31.2 Å². The minimum atomic E-state index is -1.03. The molecule has 0 radical (unpaired) electrons. The number of epoxide rings is 1. The Morgan fingerprint density at radius 2 is 1.74 bits per heavy atom. The van der Waals surface area contributed by atoms with Crippen LogP contribution in [-0.4, -0.2) is 98.2 Å². The number of hydrogen-bond acceptors (Lipinski definition) is 9. The van der Waals surface area contributed by atoms with Crippen LogP contribution in [0.1, 0.15) is 50.2 Å². The largest absolute Gasteiger partial charge is 0.412 e. The zero-order valence-corrected chi connectivity index (χ0v) is 24.5. The molecule has 2 saturated heterocycles. The maximum absolute atomic E-state index is 13.7. The van der Waals surface area contributed by atoms with Crippen molar-refractivity contribution in [3.8, 4) is 5.75 Å². The van der Waals surface area contributed by atoms with E-state index in [1.165, 1.54) is 0 Å². The summed E-state index contributed by atoms with van der Waals surface area (Å²) in [6, 6.07) is 2.57. The molecule has 1 saturated carbocycles. The number of nitrogens with zero attached hydrogens (tertiary/aromatic N) is 1. The smallest absolute Gasteiger partial charge is 0.410 e. The molecule has 1 aliphatic carbocycles. The van der Waals surface area contributed by atoms with Gasteiger partial charge < -0.3 is 35.5 Å². The lowest BCUT2D eigenvalue weighted by atomic mass is 9.94. The molecule has 3 aliphatic heterocycles. The average Bonchev–Trinajstić information content (AvgIpc) is 3.72. The highest BCUT2D eigenvalue weighted by atomic mass is 16.6. The average molecular weight is 600 g/mol. The number of Topliss-reactive ketones (excluding diaryl/α,β-unsaturated/α-hetero) is 1. The van der Waals surface area contributed by atoms with Crippen LogP contribution in [0.4, 0.5) is 4.79 Å². The van der Waals surface area contributed by atoms with Crippen molar-refractivity contribution >= 4 is 29.6 Å². The second-order valence-electron chi connectivity index (χ2n) is 11.8. The number of morpholine rings is 1. The molecule has 3 heterocycles. The van der Waals surface area contributed by atoms with E-state index in [9.17, 15) is 24.0 Å². The van der Waals surface area contributed by atoms with Gasteiger partial charge in [0.15, 0.2) is 5.78 Å². The summed E-state index contributed by atoms with van der Waals surface area (Å²) in [5.41, 5.74) is 1.47. The minimum Gasteiger partial charge on any atom is -0.410 e. The van der Waals surface area contributed by atoms with Crippen molar-refractivity contribution < 1.29 is 38.2 Å². The molecule has 4 atom stereocenters. The zero-order valence-electron chi connectivity index (χ0n) is 24.5. The number of nitrogens with one attached hydrogen (secondary N) is 4. The van der Waals surface area contributed by atoms with E-state index in [1.54, 1.807) is 19.1 Å². The Morgan fingerprint density at radius 3 is 2.47 bits per heavy atom. The summed E-state index contributed by atoms with van der Waals surface area (Å²) in [6.07, 6.45) is 3.86. The highest BCUT2D eigenvalue weighted by molar-refractivity contribution is 5.96. The van der Waals surface area contributed by atoms with Crippen molar-refractivity contribution in [3.05, 3.63) is 29.3 Å². The number of ether oxygens (including phenoxy) is 3. The van der Waals surface area contributed by atoms with Crippen LogP contribution in [0.15, 0.2) is 18.2 Å². The summed E-state index contributed by atoms with van der Waals surface area (Å²) in [7, 11) is 0. The lowest BCUT2D eigenvalue weighted by Gasteiger charge is -2.27. The monoisotopic (exact) mass is 599 g/mol. The number of benzene rings is 1. The Balaban J connectivity index is 1.27. The molecule has 43 heavy (non-hydrogen) atoms. The summed E-state index contributed by atoms with van der Waals surface area (Å²) in [5.74, 6) is -0.670. The van der Waals surface area contributed by atoms with Gasteiger partial charge in [-0.15, -0.1) is 0 Å². The van der Waals surface area contributed by atoms with Crippen LogP contribution in [0.3, 0.4) is 0 Å². The number of carbonyl (C=O) groups excluding carboxylic acids is 5. The third-order valence-corrected chi connectivity index (χ3v) is 8.42. The molecule has 13 nitrogen and oxygen atoms in total. The van der Waals surface area contributed by atoms with Crippen molar-refractivity contribution in [1.29, 1.82) is 0 Å². The van der Waals surface area contributed by atoms with E-state index in [0.29, 0.717) is 51.0 Å². The van der Waals surface area contributed by atoms with Gasteiger partial charge in [-0.25, -0.2) is 4.79 Å². The highest BCUT2D eigenvalue weighted by Gasteiger charge is 2.39. The van der Waals surface area contributed by atoms with E-state index in [4.69, 9.17) is 14.2 Å². The van der Waals surface area contributed by atoms with E-state index in [2.05, 4.69) is 21.3 Å². The first-order valence-corrected chi connectivity index (χ1v) is 15.2. The van der Waals surface area contributed by atoms with Crippen LogP contribution in [0.25, 0.3) is 0 Å². The van der Waals surface area contributed by atoms with Gasteiger partial charge in [0.1, 0.15) is 23.9 Å². The molecule has 13 heteroatoms. The number of carbonyl (C=O) groups is 5. The first kappa shape index (κ1) is 30.9. The maximum atomic E-state index is 13.7. The molecule has 3 fully saturated rings. The maximum Gasteiger partial charge on any atom is 0.412 e. The van der Waals surface area contributed by atoms with Crippen LogP contribution in [0.5, 0.6) is 5.75 Å². The fourth-order valence-electron chi connectivity index (χ4n) is 5.89. The molecule has 4 N–H and O–H groups in total. The Hall–Kier alpha value is -3.55. The summed E-state index contributed by atoms with van der Waals surface area (Å²) in [5, 5.41) is 11.1. The van der Waals surface area contributed by atoms with Gasteiger partial charge in [-0.3, -0.25) is 24.1 Å². The third kappa shape index (κ3) is 8.74. The number of rotatable bonds is 13. The standard InChI is InChI=1S/C30H41N5O8/c1-18(32-26(36)16-35-8-10-41-11-9-35)28(38)34-23(14-20-6-7-24-21(12-20)15-31-30(40)43-24)29(39)33-22(27(37)25-17-42-25)13-19-4-2-3-5-19/h6-7,12,18-19,22-23,25H,2-5,8-11,13-17H2,1H3,(H,31,40)(H,32,36)(H,33,39)(H,34,38)/t18-,22-,23-,25+/m0/s1. The Morgan fingerprint density at radius 1 is 1.02 bits per heavy atom. The summed E-state index contributed by atoms with van der Waals surface area (Å²) in [4.78, 5) is 66.2. The molecule has 4 amide bonds. The highest BCUT2D eigenvalue weighted by Crippen LogP contribution is 2.30. The Labute approximate surface area is 250 Å². The van der Waals surface area contributed by atoms with Crippen LogP contribution in [-0.2, 0) is 41.6 Å². The van der Waals surface area contributed by atoms with Crippen LogP contribution in [0, 0.1) is 5.92 Å². The molecular formula is C30H41N5O8. The van der Waals surface area contributed by atoms with Gasteiger partial charge >= 0.3 is 6.09 Å². The SMILES string of the molecule is C[C@H](NC(=O)CN1CCOCC1)C(=O)N[C@@H](Cc1ccc2c(c1)CNC(=O)O2)C(=O)N[C@@H](CC1CCCC1)C(=O)[C@H]1CO1. The van der Waals surface area contributed by atoms with E-state index in [1.807, 2.05) is 11.0 Å². The van der Waals surface area contributed by atoms with Gasteiger partial charge in [0.2, 0.25) is 17.7 Å². The molecule has 0 aromatic heterocycles. The summed E-state index contributed by atoms with van der Waals surface area (Å²) in [6.45, 7) is 4.72. The lowest BCUT2D eigenvalue weighted by Crippen LogP contribution is -2.57. The molecule has 234 valence electrons. The van der Waals surface area contributed by atoms with Gasteiger partial charge in [-0.1, -0.05) is 37.8 Å². The van der Waals surface area contributed by atoms with E-state index >= 15 is 0 Å². The molecule has 5 rings (SSSR count). The van der Waals surface area contributed by atoms with Crippen molar-refractivity contribution in [3.63, 3.8) is 0 Å². The Kier molecular flexibility index (Phi) is 10.3. The zero-order chi connectivity index (χ0) is 30.3. The fraction of sp³-hybridized carbons (Fsp3) is 0.633. The van der Waals surface area contributed by atoms with Crippen LogP contribution < -0.4 is 26.0 Å². The fourth-order valence-corrected chi connectivity index (χ4v) is 5.89. The van der Waals surface area contributed by atoms with Crippen molar-refractivity contribution in [2.45, 2.75) is 76.2 Å². The van der Waals surface area contributed by atoms with Crippen LogP contribution in [0.2, 0.25) is 0 Å². The van der Waals surface area contributed by atoms with Crippen molar-refractivity contribution in [1.82, 2.24) is 26.2 Å². The number of ketones is 1. The van der Waals surface area contributed by atoms with Crippen molar-refractivity contribution in [2.24, 2.45) is 5.92 Å². The van der Waals surface area contributed by atoms with Gasteiger partial charge in [0.05, 0.1) is 32.4 Å². The second kappa shape index (κ2) is 14.3. The predicted molar refractivity (Wildman–Crippen MR) is 153 cm³/mol. The molecule has 1 aromatic carbocycles. The first-order valence-electron chi connectivity index (χ1n) is 15.2. The van der Waals surface area contributed by atoms with E-state index in [0.717, 1.165) is 36.8 Å². The first-order chi connectivity index (χ1) is 20.7. The number of fused-ring (bicyclic) bond motifs is 1. The van der Waals surface area contributed by atoms with Crippen molar-refractivity contribution in [2.75, 3.05) is 39.5 Å². The topological polar surface area (TPSA) is 168 Å². The molecular weight excluding hydrogens is 558 g/mol. The normalized spacial score (nSPS) is 22.3. The number of amides is 4. The van der Waals surface area contributed by atoms with Gasteiger partial charge in [-0.05, 0) is 30.9 Å².